The zero-order chi connectivity index (χ0) is 31.8. The van der Waals surface area contributed by atoms with Gasteiger partial charge in [0.1, 0.15) is 11.2 Å². The number of aromatic nitrogens is 6. The number of pyridine rings is 1. The minimum absolute atomic E-state index is 0.220. The lowest BCUT2D eigenvalue weighted by atomic mass is 9.87. The Morgan fingerprint density at radius 1 is 0.909 bits per heavy atom. The first kappa shape index (κ1) is 31.6. The Morgan fingerprint density at radius 2 is 1.59 bits per heavy atom. The van der Waals surface area contributed by atoms with Crippen LogP contribution in [0, 0.1) is 0 Å². The Hall–Kier alpha value is -3.82. The molecule has 0 aliphatic carbocycles. The predicted molar refractivity (Wildman–Crippen MR) is 183 cm³/mol. The van der Waals surface area contributed by atoms with Crippen LogP contribution in [0.3, 0.4) is 0 Å². The Kier molecular flexibility index (Phi) is 8.82. The van der Waals surface area contributed by atoms with Crippen molar-refractivity contribution in [1.29, 1.82) is 0 Å². The van der Waals surface area contributed by atoms with Gasteiger partial charge in [-0.3, -0.25) is 4.68 Å². The molecule has 0 fully saturated rings. The van der Waals surface area contributed by atoms with E-state index >= 15 is 0 Å². The van der Waals surface area contributed by atoms with Gasteiger partial charge in [-0.25, -0.2) is 15.0 Å². The van der Waals surface area contributed by atoms with Crippen LogP contribution >= 0.6 is 0 Å². The molecule has 5 rings (SSSR count). The van der Waals surface area contributed by atoms with Crippen molar-refractivity contribution in [2.24, 2.45) is 0 Å². The van der Waals surface area contributed by atoms with Gasteiger partial charge in [0.2, 0.25) is 14.3 Å². The van der Waals surface area contributed by atoms with Crippen LogP contribution in [0.2, 0.25) is 16.6 Å². The van der Waals surface area contributed by atoms with E-state index in [1.165, 1.54) is 0 Å². The molecule has 0 radical (unpaired) electrons. The van der Waals surface area contributed by atoms with Gasteiger partial charge < -0.3 is 15.1 Å². The third-order valence-corrected chi connectivity index (χ3v) is 15.3. The second kappa shape index (κ2) is 12.3. The van der Waals surface area contributed by atoms with Gasteiger partial charge in [0.15, 0.2) is 0 Å². The number of hydrogen-bond donors (Lipinski definition) is 2. The fraction of sp³-hybridized carbons (Fsp3) is 0.429. The lowest BCUT2D eigenvalue weighted by molar-refractivity contribution is 0.0781. The summed E-state index contributed by atoms with van der Waals surface area (Å²) >= 11 is 0. The van der Waals surface area contributed by atoms with Crippen molar-refractivity contribution in [2.75, 3.05) is 5.73 Å². The van der Waals surface area contributed by atoms with E-state index in [4.69, 9.17) is 25.1 Å². The second-order valence-corrected chi connectivity index (χ2v) is 18.5. The van der Waals surface area contributed by atoms with Crippen molar-refractivity contribution in [2.45, 2.75) is 97.0 Å². The molecule has 8 nitrogen and oxygen atoms in total. The highest BCUT2D eigenvalue weighted by Gasteiger charge is 2.52. The molecule has 0 saturated carbocycles. The molecule has 4 aromatic heterocycles. The zero-order valence-corrected chi connectivity index (χ0v) is 28.6. The maximum absolute atomic E-state index is 7.71. The Balaban J connectivity index is 1.70. The molecule has 1 aromatic carbocycles. The predicted octanol–water partition coefficient (Wildman–Crippen LogP) is 8.89. The molecule has 3 N–H and O–H groups in total. The number of hydrogen-bond acceptors (Lipinski definition) is 6. The highest BCUT2D eigenvalue weighted by Crippen LogP contribution is 2.50. The molecule has 232 valence electrons. The molecule has 0 aliphatic rings. The van der Waals surface area contributed by atoms with Crippen molar-refractivity contribution in [1.82, 2.24) is 29.7 Å². The monoisotopic (exact) mass is 609 g/mol. The molecular formula is C35H47N7OSi. The van der Waals surface area contributed by atoms with Crippen molar-refractivity contribution in [3.63, 3.8) is 0 Å². The van der Waals surface area contributed by atoms with Crippen LogP contribution in [-0.4, -0.2) is 38.0 Å². The molecule has 0 amide bonds. The average Bonchev–Trinajstić information content (AvgIpc) is 3.65. The standard InChI is InChI=1S/C35H47N7OSi/c1-10-35(28-14-12-11-13-15-28,43-44(23(4)5,24(6)7)25(8)9)32-17-31(40-34(36)41-32)30-20-38-33-29(30)16-26(18-37-33)27-19-39-42(21-27)22(2)3/h11-25H,10H2,1-9H3,(H,37,38)(H2,36,40,41). The van der Waals surface area contributed by atoms with Crippen molar-refractivity contribution in [3.05, 3.63) is 78.5 Å². The van der Waals surface area contributed by atoms with Crippen molar-refractivity contribution < 1.29 is 4.43 Å². The number of anilines is 1. The number of nitrogens with two attached hydrogens (primary N) is 1. The van der Waals surface area contributed by atoms with Gasteiger partial charge in [-0.1, -0.05) is 78.8 Å². The lowest BCUT2D eigenvalue weighted by Crippen LogP contribution is -2.54. The van der Waals surface area contributed by atoms with E-state index in [-0.39, 0.29) is 12.0 Å². The molecule has 0 saturated heterocycles. The SMILES string of the molecule is CCC(O[Si](C(C)C)(C(C)C)C(C)C)(c1ccccc1)c1cc(-c2c[nH]c3ncc(-c4cnn(C(C)C)c4)cc23)nc(N)n1. The maximum Gasteiger partial charge on any atom is 0.220 e. The Bertz CT molecular complexity index is 1700. The topological polar surface area (TPSA) is 108 Å². The fourth-order valence-electron chi connectivity index (χ4n) is 7.03. The van der Waals surface area contributed by atoms with Crippen molar-refractivity contribution >= 4 is 25.3 Å². The number of aromatic amines is 1. The van der Waals surface area contributed by atoms with Crippen LogP contribution < -0.4 is 5.73 Å². The molecule has 1 unspecified atom stereocenters. The molecule has 0 aliphatic heterocycles. The van der Waals surface area contributed by atoms with Crippen LogP contribution in [0.1, 0.15) is 86.0 Å². The first-order valence-corrected chi connectivity index (χ1v) is 18.0. The minimum Gasteiger partial charge on any atom is -0.401 e. The summed E-state index contributed by atoms with van der Waals surface area (Å²) in [6.45, 7) is 20.3. The highest BCUT2D eigenvalue weighted by atomic mass is 28.4. The average molecular weight is 610 g/mol. The van der Waals surface area contributed by atoms with Gasteiger partial charge in [-0.05, 0) is 54.6 Å². The van der Waals surface area contributed by atoms with Crippen LogP contribution in [0.5, 0.6) is 0 Å². The lowest BCUT2D eigenvalue weighted by Gasteiger charge is -2.49. The summed E-state index contributed by atoms with van der Waals surface area (Å²) in [6.07, 6.45) is 8.48. The summed E-state index contributed by atoms with van der Waals surface area (Å²) in [4.78, 5) is 17.7. The summed E-state index contributed by atoms with van der Waals surface area (Å²) in [7, 11) is -2.37. The van der Waals surface area contributed by atoms with Crippen LogP contribution in [0.4, 0.5) is 5.95 Å². The van der Waals surface area contributed by atoms with Gasteiger partial charge in [-0.2, -0.15) is 5.10 Å². The summed E-state index contributed by atoms with van der Waals surface area (Å²) in [5.41, 5.74) is 13.2. The van der Waals surface area contributed by atoms with E-state index in [1.54, 1.807) is 0 Å². The summed E-state index contributed by atoms with van der Waals surface area (Å²) < 4.78 is 9.66. The van der Waals surface area contributed by atoms with E-state index in [2.05, 4.69) is 115 Å². The third-order valence-electron chi connectivity index (χ3n) is 9.22. The number of benzene rings is 1. The van der Waals surface area contributed by atoms with Crippen molar-refractivity contribution in [3.8, 4) is 22.4 Å². The van der Waals surface area contributed by atoms with E-state index in [0.29, 0.717) is 23.0 Å². The fourth-order valence-corrected chi connectivity index (χ4v) is 12.7. The van der Waals surface area contributed by atoms with Crippen LogP contribution in [0.15, 0.2) is 67.3 Å². The normalized spacial score (nSPS) is 13.9. The van der Waals surface area contributed by atoms with E-state index in [9.17, 15) is 0 Å². The first-order chi connectivity index (χ1) is 20.9. The van der Waals surface area contributed by atoms with Crippen LogP contribution in [0.25, 0.3) is 33.4 Å². The summed E-state index contributed by atoms with van der Waals surface area (Å²) in [6, 6.07) is 15.0. The van der Waals surface area contributed by atoms with Gasteiger partial charge in [0.05, 0.1) is 17.6 Å². The second-order valence-electron chi connectivity index (χ2n) is 13.1. The third kappa shape index (κ3) is 5.47. The molecule has 5 aromatic rings. The Labute approximate surface area is 262 Å². The van der Waals surface area contributed by atoms with Gasteiger partial charge >= 0.3 is 0 Å². The zero-order valence-electron chi connectivity index (χ0n) is 27.6. The number of fused-ring (bicyclic) bond motifs is 1. The smallest absolute Gasteiger partial charge is 0.220 e. The van der Waals surface area contributed by atoms with Gasteiger partial charge in [0.25, 0.3) is 0 Å². The summed E-state index contributed by atoms with van der Waals surface area (Å²) in [5, 5.41) is 5.49. The number of H-pyrrole nitrogens is 1. The number of nitrogen functional groups attached to an aromatic ring is 1. The first-order valence-electron chi connectivity index (χ1n) is 15.9. The molecule has 0 bridgehead atoms. The molecule has 1 atom stereocenters. The quantitative estimate of drug-likeness (QED) is 0.145. The largest absolute Gasteiger partial charge is 0.401 e. The molecule has 4 heterocycles. The maximum atomic E-state index is 7.71. The number of rotatable bonds is 11. The van der Waals surface area contributed by atoms with Crippen LogP contribution in [-0.2, 0) is 10.0 Å². The number of nitrogens with zero attached hydrogens (tertiary/aromatic N) is 5. The molecular weight excluding hydrogens is 563 g/mol. The van der Waals surface area contributed by atoms with E-state index in [1.807, 2.05) is 29.3 Å². The number of nitrogens with one attached hydrogen (secondary N) is 1. The van der Waals surface area contributed by atoms with E-state index in [0.717, 1.165) is 44.7 Å². The van der Waals surface area contributed by atoms with Gasteiger partial charge in [0, 0.05) is 46.7 Å². The molecule has 44 heavy (non-hydrogen) atoms. The highest BCUT2D eigenvalue weighted by molar-refractivity contribution is 6.77. The Morgan fingerprint density at radius 3 is 2.18 bits per heavy atom. The summed E-state index contributed by atoms with van der Waals surface area (Å²) in [5.74, 6) is 0.220. The van der Waals surface area contributed by atoms with E-state index < -0.39 is 13.9 Å². The van der Waals surface area contributed by atoms with Gasteiger partial charge in [-0.15, -0.1) is 0 Å². The molecule has 0 spiro atoms. The molecule has 9 heteroatoms. The minimum atomic E-state index is -2.37.